The summed E-state index contributed by atoms with van der Waals surface area (Å²) in [6.45, 7) is 0.560. The first-order valence-electron chi connectivity index (χ1n) is 5.29. The molecule has 0 spiro atoms. The van der Waals surface area contributed by atoms with Crippen LogP contribution in [0.15, 0.2) is 18.2 Å². The number of phenols is 1. The number of benzene rings is 1. The van der Waals surface area contributed by atoms with Crippen LogP contribution >= 0.6 is 0 Å². The number of ether oxygens (including phenoxy) is 1. The quantitative estimate of drug-likeness (QED) is 0.743. The number of nitrogens with one attached hydrogen (secondary N) is 1. The first kappa shape index (κ1) is 11.4. The van der Waals surface area contributed by atoms with Crippen molar-refractivity contribution in [1.82, 2.24) is 5.32 Å². The second-order valence-electron chi connectivity index (χ2n) is 3.97. The molecule has 1 atom stereocenters. The summed E-state index contributed by atoms with van der Waals surface area (Å²) in [6.07, 6.45) is 0.408. The number of aromatic hydroxyl groups is 1. The van der Waals surface area contributed by atoms with Gasteiger partial charge in [-0.3, -0.25) is 4.79 Å². The van der Waals surface area contributed by atoms with E-state index in [0.29, 0.717) is 13.0 Å². The summed E-state index contributed by atoms with van der Waals surface area (Å²) in [5.74, 6) is -0.645. The van der Waals surface area contributed by atoms with Gasteiger partial charge < -0.3 is 15.2 Å². The third-order valence-electron chi connectivity index (χ3n) is 2.87. The Hall–Kier alpha value is -2.04. The highest BCUT2D eigenvalue weighted by atomic mass is 16.5. The predicted octanol–water partition coefficient (Wildman–Crippen LogP) is 0.782. The predicted molar refractivity (Wildman–Crippen MR) is 59.8 cm³/mol. The van der Waals surface area contributed by atoms with Crippen LogP contribution in [0.4, 0.5) is 0 Å². The summed E-state index contributed by atoms with van der Waals surface area (Å²) in [6, 6.07) is 4.74. The van der Waals surface area contributed by atoms with Crippen molar-refractivity contribution in [2.75, 3.05) is 13.7 Å². The lowest BCUT2D eigenvalue weighted by atomic mass is 9.96. The molecule has 1 unspecified atom stereocenters. The molecule has 0 bridgehead atoms. The fraction of sp³-hybridized carbons (Fsp3) is 0.333. The highest BCUT2D eigenvalue weighted by Crippen LogP contribution is 2.27. The van der Waals surface area contributed by atoms with Crippen LogP contribution < -0.4 is 5.32 Å². The van der Waals surface area contributed by atoms with E-state index in [0.717, 1.165) is 5.56 Å². The van der Waals surface area contributed by atoms with E-state index in [-0.39, 0.29) is 23.1 Å². The van der Waals surface area contributed by atoms with Crippen molar-refractivity contribution in [3.05, 3.63) is 29.3 Å². The van der Waals surface area contributed by atoms with Gasteiger partial charge in [-0.25, -0.2) is 4.79 Å². The van der Waals surface area contributed by atoms with Gasteiger partial charge in [0.25, 0.3) is 0 Å². The molecule has 1 amide bonds. The summed E-state index contributed by atoms with van der Waals surface area (Å²) in [5, 5.41) is 12.3. The summed E-state index contributed by atoms with van der Waals surface area (Å²) in [4.78, 5) is 22.5. The minimum atomic E-state index is -0.582. The Bertz CT molecular complexity index is 470. The van der Waals surface area contributed by atoms with Gasteiger partial charge in [-0.2, -0.15) is 0 Å². The van der Waals surface area contributed by atoms with Crippen molar-refractivity contribution in [1.29, 1.82) is 0 Å². The molecule has 1 aliphatic heterocycles. The van der Waals surface area contributed by atoms with Gasteiger partial charge in [-0.05, 0) is 17.7 Å². The van der Waals surface area contributed by atoms with Crippen LogP contribution in [0.5, 0.6) is 5.75 Å². The fourth-order valence-electron chi connectivity index (χ4n) is 1.92. The third-order valence-corrected chi connectivity index (χ3v) is 2.87. The van der Waals surface area contributed by atoms with E-state index >= 15 is 0 Å². The number of esters is 1. The van der Waals surface area contributed by atoms with Gasteiger partial charge in [0.1, 0.15) is 11.3 Å². The summed E-state index contributed by atoms with van der Waals surface area (Å²) in [7, 11) is 1.26. The Morgan fingerprint density at radius 1 is 1.53 bits per heavy atom. The fourth-order valence-corrected chi connectivity index (χ4v) is 1.92. The zero-order valence-electron chi connectivity index (χ0n) is 9.40. The van der Waals surface area contributed by atoms with E-state index in [4.69, 9.17) is 0 Å². The molecule has 1 fully saturated rings. The molecule has 90 valence electrons. The van der Waals surface area contributed by atoms with Crippen LogP contribution in [-0.4, -0.2) is 30.6 Å². The largest absolute Gasteiger partial charge is 0.507 e. The van der Waals surface area contributed by atoms with E-state index in [9.17, 15) is 14.7 Å². The van der Waals surface area contributed by atoms with Crippen molar-refractivity contribution < 1.29 is 19.4 Å². The van der Waals surface area contributed by atoms with Crippen LogP contribution in [-0.2, 0) is 9.53 Å². The molecule has 0 saturated carbocycles. The minimum absolute atomic E-state index is 0.00249. The number of hydrogen-bond donors (Lipinski definition) is 2. The number of rotatable bonds is 2. The number of methoxy groups -OCH3 is 1. The van der Waals surface area contributed by atoms with Gasteiger partial charge in [0.05, 0.1) is 7.11 Å². The van der Waals surface area contributed by atoms with Crippen LogP contribution in [0.1, 0.15) is 28.3 Å². The number of hydrogen-bond acceptors (Lipinski definition) is 4. The normalized spacial score (nSPS) is 18.9. The first-order valence-corrected chi connectivity index (χ1v) is 5.29. The third kappa shape index (κ3) is 2.22. The van der Waals surface area contributed by atoms with Gasteiger partial charge in [0.15, 0.2) is 0 Å². The monoisotopic (exact) mass is 235 g/mol. The minimum Gasteiger partial charge on any atom is -0.507 e. The number of carbonyl (C=O) groups excluding carboxylic acids is 2. The van der Waals surface area contributed by atoms with E-state index in [2.05, 4.69) is 10.1 Å². The van der Waals surface area contributed by atoms with E-state index < -0.39 is 5.97 Å². The van der Waals surface area contributed by atoms with Gasteiger partial charge in [0, 0.05) is 18.9 Å². The smallest absolute Gasteiger partial charge is 0.341 e. The molecule has 0 aromatic heterocycles. The summed E-state index contributed by atoms with van der Waals surface area (Å²) in [5.41, 5.74) is 0.978. The van der Waals surface area contributed by atoms with Crippen LogP contribution in [0.2, 0.25) is 0 Å². The Kier molecular flexibility index (Phi) is 2.99. The van der Waals surface area contributed by atoms with Crippen LogP contribution in [0.25, 0.3) is 0 Å². The lowest BCUT2D eigenvalue weighted by Gasteiger charge is -2.10. The number of carbonyl (C=O) groups is 2. The molecular weight excluding hydrogens is 222 g/mol. The number of phenolic OH excluding ortho intramolecular Hbond substituents is 1. The SMILES string of the molecule is COC(=O)c1cc(C2CNC(=O)C2)ccc1O. The maximum atomic E-state index is 11.4. The molecule has 5 heteroatoms. The molecule has 5 nitrogen and oxygen atoms in total. The number of amides is 1. The highest BCUT2D eigenvalue weighted by Gasteiger charge is 2.24. The first-order chi connectivity index (χ1) is 8.11. The second-order valence-corrected chi connectivity index (χ2v) is 3.97. The van der Waals surface area contributed by atoms with Crippen molar-refractivity contribution in [2.24, 2.45) is 0 Å². The van der Waals surface area contributed by atoms with E-state index in [1.807, 2.05) is 0 Å². The molecule has 0 radical (unpaired) electrons. The molecule has 2 rings (SSSR count). The average molecular weight is 235 g/mol. The van der Waals surface area contributed by atoms with Gasteiger partial charge in [0.2, 0.25) is 5.91 Å². The molecule has 0 aliphatic carbocycles. The van der Waals surface area contributed by atoms with E-state index in [1.54, 1.807) is 12.1 Å². The standard InChI is InChI=1S/C12H13NO4/c1-17-12(16)9-4-7(2-3-10(9)14)8-5-11(15)13-6-8/h2-4,8,14H,5-6H2,1H3,(H,13,15). The van der Waals surface area contributed by atoms with Gasteiger partial charge in [-0.15, -0.1) is 0 Å². The maximum absolute atomic E-state index is 11.4. The van der Waals surface area contributed by atoms with Gasteiger partial charge in [-0.1, -0.05) is 6.07 Å². The van der Waals surface area contributed by atoms with E-state index in [1.165, 1.54) is 13.2 Å². The molecule has 1 saturated heterocycles. The topological polar surface area (TPSA) is 75.6 Å². The highest BCUT2D eigenvalue weighted by molar-refractivity contribution is 5.92. The van der Waals surface area contributed by atoms with Crippen molar-refractivity contribution in [3.8, 4) is 5.75 Å². The molecule has 17 heavy (non-hydrogen) atoms. The lowest BCUT2D eigenvalue weighted by Crippen LogP contribution is -2.13. The second kappa shape index (κ2) is 4.45. The van der Waals surface area contributed by atoms with Crippen molar-refractivity contribution >= 4 is 11.9 Å². The molecule has 1 aromatic rings. The molecule has 1 aromatic carbocycles. The van der Waals surface area contributed by atoms with Crippen molar-refractivity contribution in [2.45, 2.75) is 12.3 Å². The van der Waals surface area contributed by atoms with Crippen molar-refractivity contribution in [3.63, 3.8) is 0 Å². The Labute approximate surface area is 98.4 Å². The Morgan fingerprint density at radius 3 is 2.88 bits per heavy atom. The van der Waals surface area contributed by atoms with Crippen LogP contribution in [0.3, 0.4) is 0 Å². The summed E-state index contributed by atoms with van der Waals surface area (Å²) >= 11 is 0. The Balaban J connectivity index is 2.30. The maximum Gasteiger partial charge on any atom is 0.341 e. The Morgan fingerprint density at radius 2 is 2.29 bits per heavy atom. The summed E-state index contributed by atoms with van der Waals surface area (Å²) < 4.78 is 4.57. The zero-order chi connectivity index (χ0) is 12.4. The zero-order valence-corrected chi connectivity index (χ0v) is 9.40. The van der Waals surface area contributed by atoms with Crippen LogP contribution in [0, 0.1) is 0 Å². The average Bonchev–Trinajstić information content (AvgIpc) is 2.75. The molecule has 2 N–H and O–H groups in total. The molecular formula is C12H13NO4. The molecule has 1 aliphatic rings. The van der Waals surface area contributed by atoms with Gasteiger partial charge >= 0.3 is 5.97 Å². The lowest BCUT2D eigenvalue weighted by molar-refractivity contribution is -0.119. The molecule has 1 heterocycles.